The fourth-order valence-corrected chi connectivity index (χ4v) is 2.13. The maximum absolute atomic E-state index is 5.22. The molecule has 0 unspecified atom stereocenters. The van der Waals surface area contributed by atoms with Gasteiger partial charge in [-0.3, -0.25) is 0 Å². The molecule has 0 aromatic carbocycles. The first-order valence-corrected chi connectivity index (χ1v) is 5.48. The maximum atomic E-state index is 5.22. The van der Waals surface area contributed by atoms with E-state index in [-0.39, 0.29) is 0 Å². The van der Waals surface area contributed by atoms with E-state index in [9.17, 15) is 0 Å². The summed E-state index contributed by atoms with van der Waals surface area (Å²) in [6.07, 6.45) is 14.4. The second kappa shape index (κ2) is 6.05. The van der Waals surface area contributed by atoms with Crippen LogP contribution in [0.1, 0.15) is 44.9 Å². The highest BCUT2D eigenvalue weighted by atomic mass is 15.1. The molecular weight excluding hydrogens is 158 g/mol. The van der Waals surface area contributed by atoms with Gasteiger partial charge in [0.1, 0.15) is 0 Å². The normalized spacial score (nSPS) is 18.8. The molecule has 1 saturated carbocycles. The topological polar surface area (TPSA) is 3.24 Å². The van der Waals surface area contributed by atoms with Gasteiger partial charge >= 0.3 is 0 Å². The van der Waals surface area contributed by atoms with Gasteiger partial charge in [0.15, 0.2) is 0 Å². The van der Waals surface area contributed by atoms with Gasteiger partial charge in [-0.1, -0.05) is 19.3 Å². The molecule has 0 saturated heterocycles. The largest absolute Gasteiger partial charge is 0.303 e. The summed E-state index contributed by atoms with van der Waals surface area (Å²) in [6, 6.07) is 0.839. The van der Waals surface area contributed by atoms with E-state index in [4.69, 9.17) is 6.42 Å². The molecule has 0 radical (unpaired) electrons. The Morgan fingerprint density at radius 1 is 1.31 bits per heavy atom. The highest BCUT2D eigenvalue weighted by Crippen LogP contribution is 2.21. The summed E-state index contributed by atoms with van der Waals surface area (Å²) in [5.41, 5.74) is 0. The Morgan fingerprint density at radius 2 is 2.00 bits per heavy atom. The van der Waals surface area contributed by atoms with Gasteiger partial charge in [0.25, 0.3) is 0 Å². The summed E-state index contributed by atoms with van der Waals surface area (Å²) in [4.78, 5) is 2.50. The molecule has 1 heteroatoms. The highest BCUT2D eigenvalue weighted by Gasteiger charge is 2.16. The van der Waals surface area contributed by atoms with Crippen molar-refractivity contribution in [3.63, 3.8) is 0 Å². The summed E-state index contributed by atoms with van der Waals surface area (Å²) in [5.74, 6) is 2.70. The third-order valence-electron chi connectivity index (χ3n) is 3.03. The van der Waals surface area contributed by atoms with E-state index < -0.39 is 0 Å². The minimum absolute atomic E-state index is 0.839. The monoisotopic (exact) mass is 179 g/mol. The summed E-state index contributed by atoms with van der Waals surface area (Å²) in [5, 5.41) is 0. The molecule has 0 amide bonds. The Kier molecular flexibility index (Phi) is 4.93. The molecule has 0 aromatic heterocycles. The van der Waals surface area contributed by atoms with Gasteiger partial charge in [0.05, 0.1) is 0 Å². The minimum Gasteiger partial charge on any atom is -0.303 e. The zero-order chi connectivity index (χ0) is 9.52. The van der Waals surface area contributed by atoms with Crippen LogP contribution in [0.2, 0.25) is 0 Å². The Morgan fingerprint density at radius 3 is 2.62 bits per heavy atom. The van der Waals surface area contributed by atoms with Crippen LogP contribution in [0, 0.1) is 12.3 Å². The van der Waals surface area contributed by atoms with E-state index in [2.05, 4.69) is 17.9 Å². The van der Waals surface area contributed by atoms with Crippen molar-refractivity contribution in [3.05, 3.63) is 0 Å². The zero-order valence-electron chi connectivity index (χ0n) is 8.76. The molecule has 0 bridgehead atoms. The molecule has 1 aliphatic carbocycles. The van der Waals surface area contributed by atoms with Crippen molar-refractivity contribution < 1.29 is 0 Å². The lowest BCUT2D eigenvalue weighted by Gasteiger charge is -2.30. The average molecular weight is 179 g/mol. The number of rotatable bonds is 4. The van der Waals surface area contributed by atoms with Gasteiger partial charge in [-0.15, -0.1) is 12.3 Å². The Labute approximate surface area is 82.5 Å². The molecule has 0 heterocycles. The lowest BCUT2D eigenvalue weighted by Crippen LogP contribution is -2.34. The van der Waals surface area contributed by atoms with E-state index in [0.717, 1.165) is 18.9 Å². The van der Waals surface area contributed by atoms with E-state index in [1.54, 1.807) is 0 Å². The zero-order valence-corrected chi connectivity index (χ0v) is 8.76. The van der Waals surface area contributed by atoms with Gasteiger partial charge in [-0.05, 0) is 32.9 Å². The fraction of sp³-hybridized carbons (Fsp3) is 0.833. The molecule has 1 rings (SSSR count). The number of hydrogen-bond acceptors (Lipinski definition) is 1. The summed E-state index contributed by atoms with van der Waals surface area (Å²) in [7, 11) is 2.24. The van der Waals surface area contributed by atoms with Crippen molar-refractivity contribution in [1.82, 2.24) is 4.90 Å². The second-order valence-electron chi connectivity index (χ2n) is 4.08. The average Bonchev–Trinajstić information content (AvgIpc) is 2.19. The first-order valence-electron chi connectivity index (χ1n) is 5.48. The van der Waals surface area contributed by atoms with Gasteiger partial charge < -0.3 is 4.90 Å². The van der Waals surface area contributed by atoms with E-state index >= 15 is 0 Å². The first kappa shape index (κ1) is 10.6. The van der Waals surface area contributed by atoms with Crippen LogP contribution in [0.3, 0.4) is 0 Å². The number of unbranched alkanes of at least 4 members (excludes halogenated alkanes) is 1. The first-order chi connectivity index (χ1) is 6.34. The van der Waals surface area contributed by atoms with Gasteiger partial charge in [-0.25, -0.2) is 0 Å². The lowest BCUT2D eigenvalue weighted by atomic mass is 9.94. The third-order valence-corrected chi connectivity index (χ3v) is 3.03. The van der Waals surface area contributed by atoms with Crippen LogP contribution >= 0.6 is 0 Å². The summed E-state index contributed by atoms with van der Waals surface area (Å²) in [6.45, 7) is 1.18. The maximum Gasteiger partial charge on any atom is 0.00982 e. The van der Waals surface area contributed by atoms with Crippen LogP contribution < -0.4 is 0 Å². The van der Waals surface area contributed by atoms with Crippen LogP contribution in [-0.2, 0) is 0 Å². The molecule has 0 atom stereocenters. The van der Waals surface area contributed by atoms with E-state index in [1.807, 2.05) is 0 Å². The summed E-state index contributed by atoms with van der Waals surface area (Å²) >= 11 is 0. The van der Waals surface area contributed by atoms with Crippen LogP contribution in [-0.4, -0.2) is 24.5 Å². The highest BCUT2D eigenvalue weighted by molar-refractivity contribution is 4.84. The van der Waals surface area contributed by atoms with Crippen LogP contribution in [0.5, 0.6) is 0 Å². The van der Waals surface area contributed by atoms with Gasteiger partial charge in [0, 0.05) is 12.5 Å². The molecule has 0 aliphatic heterocycles. The van der Waals surface area contributed by atoms with Crippen molar-refractivity contribution in [2.45, 2.75) is 51.0 Å². The standard InChI is InChI=1S/C12H21N/c1-3-4-8-11-13(2)12-9-6-5-7-10-12/h1,12H,4-11H2,2H3. The predicted molar refractivity (Wildman–Crippen MR) is 57.6 cm³/mol. The van der Waals surface area contributed by atoms with Crippen molar-refractivity contribution in [3.8, 4) is 12.3 Å². The lowest BCUT2D eigenvalue weighted by molar-refractivity contribution is 0.190. The molecular formula is C12H21N. The van der Waals surface area contributed by atoms with Crippen molar-refractivity contribution in [2.75, 3.05) is 13.6 Å². The molecule has 1 nitrogen and oxygen atoms in total. The van der Waals surface area contributed by atoms with Crippen molar-refractivity contribution in [1.29, 1.82) is 0 Å². The molecule has 0 aromatic rings. The molecule has 74 valence electrons. The smallest absolute Gasteiger partial charge is 0.00982 e. The Hall–Kier alpha value is -0.480. The molecule has 13 heavy (non-hydrogen) atoms. The van der Waals surface area contributed by atoms with Crippen LogP contribution in [0.4, 0.5) is 0 Å². The van der Waals surface area contributed by atoms with Gasteiger partial charge in [0.2, 0.25) is 0 Å². The molecule has 1 aliphatic rings. The predicted octanol–water partition coefficient (Wildman–Crippen LogP) is 2.66. The SMILES string of the molecule is C#CCCCN(C)C1CCCCC1. The van der Waals surface area contributed by atoms with E-state index in [0.29, 0.717) is 0 Å². The number of nitrogens with zero attached hydrogens (tertiary/aromatic N) is 1. The van der Waals surface area contributed by atoms with Crippen molar-refractivity contribution in [2.24, 2.45) is 0 Å². The molecule has 0 N–H and O–H groups in total. The Bertz CT molecular complexity index is 162. The molecule has 0 spiro atoms. The quantitative estimate of drug-likeness (QED) is 0.474. The Balaban J connectivity index is 2.14. The summed E-state index contributed by atoms with van der Waals surface area (Å²) < 4.78 is 0. The fourth-order valence-electron chi connectivity index (χ4n) is 2.13. The number of hydrogen-bond donors (Lipinski definition) is 0. The third kappa shape index (κ3) is 3.83. The van der Waals surface area contributed by atoms with Crippen LogP contribution in [0.25, 0.3) is 0 Å². The van der Waals surface area contributed by atoms with Gasteiger partial charge in [-0.2, -0.15) is 0 Å². The number of terminal acetylenes is 1. The van der Waals surface area contributed by atoms with Crippen molar-refractivity contribution >= 4 is 0 Å². The minimum atomic E-state index is 0.839. The second-order valence-corrected chi connectivity index (χ2v) is 4.08. The molecule has 1 fully saturated rings. The van der Waals surface area contributed by atoms with Crippen LogP contribution in [0.15, 0.2) is 0 Å². The van der Waals surface area contributed by atoms with E-state index in [1.165, 1.54) is 38.6 Å².